The van der Waals surface area contributed by atoms with Gasteiger partial charge in [-0.2, -0.15) is 0 Å². The number of nitrogens with one attached hydrogen (secondary N) is 3. The lowest BCUT2D eigenvalue weighted by atomic mass is 10.1. The predicted octanol–water partition coefficient (Wildman–Crippen LogP) is -4.95. The number of hydrogen-bond donors (Lipinski definition) is 10. The minimum absolute atomic E-state index is 0.112. The number of carbonyl (C=O) groups is 4. The SMILES string of the molecule is CC(O)C(NC(=O)C(NC(=O)C(NC(=O)C(N)CCCN=C(N)N)C(C)O)C(C)O)C(=O)O. The van der Waals surface area contributed by atoms with Crippen molar-refractivity contribution in [3.05, 3.63) is 0 Å². The molecule has 0 aromatic heterocycles. The van der Waals surface area contributed by atoms with Gasteiger partial charge < -0.3 is 53.6 Å². The van der Waals surface area contributed by atoms with Gasteiger partial charge in [0.1, 0.15) is 12.1 Å². The molecule has 0 aliphatic heterocycles. The van der Waals surface area contributed by atoms with E-state index in [0.717, 1.165) is 13.8 Å². The molecule has 0 aromatic carbocycles. The summed E-state index contributed by atoms with van der Waals surface area (Å²) < 4.78 is 0. The van der Waals surface area contributed by atoms with Gasteiger partial charge in [0.05, 0.1) is 24.4 Å². The third kappa shape index (κ3) is 10.9. The molecule has 0 aliphatic rings. The van der Waals surface area contributed by atoms with Gasteiger partial charge >= 0.3 is 5.97 Å². The average molecular weight is 478 g/mol. The van der Waals surface area contributed by atoms with Crippen molar-refractivity contribution in [1.29, 1.82) is 0 Å². The number of aliphatic carboxylic acids is 1. The van der Waals surface area contributed by atoms with E-state index in [-0.39, 0.29) is 18.9 Å². The van der Waals surface area contributed by atoms with E-state index in [4.69, 9.17) is 22.3 Å². The molecule has 7 unspecified atom stereocenters. The van der Waals surface area contributed by atoms with Gasteiger partial charge in [-0.15, -0.1) is 0 Å². The largest absolute Gasteiger partial charge is 0.480 e. The molecule has 0 radical (unpaired) electrons. The monoisotopic (exact) mass is 477 g/mol. The molecular formula is C18H35N7O8. The molecule has 0 saturated heterocycles. The van der Waals surface area contributed by atoms with E-state index in [1.807, 2.05) is 5.32 Å². The van der Waals surface area contributed by atoms with Crippen LogP contribution in [0, 0.1) is 0 Å². The minimum atomic E-state index is -1.69. The van der Waals surface area contributed by atoms with Crippen LogP contribution >= 0.6 is 0 Å². The van der Waals surface area contributed by atoms with Gasteiger partial charge in [0.15, 0.2) is 12.0 Å². The molecule has 3 amide bonds. The second kappa shape index (κ2) is 14.2. The van der Waals surface area contributed by atoms with Gasteiger partial charge in [-0.05, 0) is 33.6 Å². The van der Waals surface area contributed by atoms with Crippen molar-refractivity contribution in [2.75, 3.05) is 6.54 Å². The summed E-state index contributed by atoms with van der Waals surface area (Å²) in [6, 6.07) is -5.93. The Balaban J connectivity index is 5.22. The molecule has 0 aromatic rings. The molecule has 13 N–H and O–H groups in total. The van der Waals surface area contributed by atoms with Crippen molar-refractivity contribution >= 4 is 29.7 Å². The smallest absolute Gasteiger partial charge is 0.328 e. The van der Waals surface area contributed by atoms with Crippen LogP contribution in [-0.4, -0.2) is 99.1 Å². The van der Waals surface area contributed by atoms with Crippen molar-refractivity contribution < 1.29 is 39.6 Å². The number of aliphatic hydroxyl groups excluding tert-OH is 3. The van der Waals surface area contributed by atoms with Crippen LogP contribution in [0.15, 0.2) is 4.99 Å². The number of aliphatic hydroxyl groups is 3. The lowest BCUT2D eigenvalue weighted by molar-refractivity contribution is -0.146. The second-order valence-electron chi connectivity index (χ2n) is 7.57. The van der Waals surface area contributed by atoms with E-state index in [1.165, 1.54) is 6.92 Å². The van der Waals surface area contributed by atoms with Crippen molar-refractivity contribution in [2.24, 2.45) is 22.2 Å². The number of nitrogens with zero attached hydrogens (tertiary/aromatic N) is 1. The minimum Gasteiger partial charge on any atom is -0.480 e. The van der Waals surface area contributed by atoms with Crippen LogP contribution in [0.5, 0.6) is 0 Å². The third-order valence-corrected chi connectivity index (χ3v) is 4.48. The summed E-state index contributed by atoms with van der Waals surface area (Å²) >= 11 is 0. The Morgan fingerprint density at radius 3 is 1.55 bits per heavy atom. The van der Waals surface area contributed by atoms with Crippen molar-refractivity contribution in [1.82, 2.24) is 16.0 Å². The number of aliphatic imine (C=N–C) groups is 1. The standard InChI is InChI=1S/C18H35N7O8/c1-7(26)11(23-14(29)10(19)5-4-6-22-18(20)21)15(30)24-12(8(2)27)16(31)25-13(9(3)28)17(32)33/h7-13,26-28H,4-6,19H2,1-3H3,(H,23,29)(H,24,30)(H,25,31)(H,32,33)(H4,20,21,22). The Morgan fingerprint density at radius 1 is 0.788 bits per heavy atom. The van der Waals surface area contributed by atoms with Gasteiger partial charge in [0, 0.05) is 6.54 Å². The number of rotatable bonds is 14. The van der Waals surface area contributed by atoms with Crippen LogP contribution in [0.25, 0.3) is 0 Å². The van der Waals surface area contributed by atoms with Crippen molar-refractivity contribution in [2.45, 2.75) is 76.1 Å². The van der Waals surface area contributed by atoms with Crippen LogP contribution in [0.3, 0.4) is 0 Å². The Hall–Kier alpha value is -3.01. The molecule has 0 fully saturated rings. The van der Waals surface area contributed by atoms with Crippen LogP contribution < -0.4 is 33.2 Å². The highest BCUT2D eigenvalue weighted by Crippen LogP contribution is 2.03. The lowest BCUT2D eigenvalue weighted by Crippen LogP contribution is -2.62. The fraction of sp³-hybridized carbons (Fsp3) is 0.722. The van der Waals surface area contributed by atoms with E-state index in [1.54, 1.807) is 0 Å². The maximum absolute atomic E-state index is 12.6. The Morgan fingerprint density at radius 2 is 1.18 bits per heavy atom. The first kappa shape index (κ1) is 30.0. The summed E-state index contributed by atoms with van der Waals surface area (Å²) in [6.45, 7) is 3.73. The zero-order valence-corrected chi connectivity index (χ0v) is 18.8. The van der Waals surface area contributed by atoms with Gasteiger partial charge in [0.25, 0.3) is 0 Å². The summed E-state index contributed by atoms with van der Waals surface area (Å²) in [4.78, 5) is 52.2. The zero-order chi connectivity index (χ0) is 25.9. The topological polar surface area (TPSA) is 276 Å². The van der Waals surface area contributed by atoms with Crippen molar-refractivity contribution in [3.8, 4) is 0 Å². The third-order valence-electron chi connectivity index (χ3n) is 4.48. The maximum Gasteiger partial charge on any atom is 0.328 e. The number of nitrogens with two attached hydrogens (primary N) is 3. The van der Waals surface area contributed by atoms with Gasteiger partial charge in [-0.3, -0.25) is 19.4 Å². The van der Waals surface area contributed by atoms with Crippen molar-refractivity contribution in [3.63, 3.8) is 0 Å². The first-order valence-electron chi connectivity index (χ1n) is 10.2. The highest BCUT2D eigenvalue weighted by Gasteiger charge is 2.35. The molecule has 0 spiro atoms. The Kier molecular flexibility index (Phi) is 12.9. The quantitative estimate of drug-likeness (QED) is 0.0642. The molecule has 7 atom stereocenters. The molecule has 33 heavy (non-hydrogen) atoms. The molecular weight excluding hydrogens is 442 g/mol. The zero-order valence-electron chi connectivity index (χ0n) is 18.8. The summed E-state index contributed by atoms with van der Waals surface area (Å²) in [5.41, 5.74) is 16.2. The Bertz CT molecular complexity index is 710. The van der Waals surface area contributed by atoms with Gasteiger partial charge in [-0.1, -0.05) is 0 Å². The Labute approximate surface area is 190 Å². The molecule has 15 heteroatoms. The molecule has 0 bridgehead atoms. The fourth-order valence-corrected chi connectivity index (χ4v) is 2.60. The van der Waals surface area contributed by atoms with Gasteiger partial charge in [0.2, 0.25) is 17.7 Å². The van der Waals surface area contributed by atoms with Crippen LogP contribution in [-0.2, 0) is 19.2 Å². The number of amides is 3. The molecule has 0 aliphatic carbocycles. The maximum atomic E-state index is 12.6. The number of guanidine groups is 1. The molecule has 0 rings (SSSR count). The van der Waals surface area contributed by atoms with Crippen LogP contribution in [0.4, 0.5) is 0 Å². The summed E-state index contributed by atoms with van der Waals surface area (Å²) in [5.74, 6) is -4.54. The molecule has 0 saturated carbocycles. The first-order chi connectivity index (χ1) is 15.2. The fourth-order valence-electron chi connectivity index (χ4n) is 2.60. The van der Waals surface area contributed by atoms with Crippen LogP contribution in [0.1, 0.15) is 33.6 Å². The number of carboxylic acids is 1. The molecule has 0 heterocycles. The predicted molar refractivity (Wildman–Crippen MR) is 116 cm³/mol. The second-order valence-corrected chi connectivity index (χ2v) is 7.57. The van der Waals surface area contributed by atoms with E-state index in [2.05, 4.69) is 15.6 Å². The van der Waals surface area contributed by atoms with E-state index in [9.17, 15) is 34.5 Å². The lowest BCUT2D eigenvalue weighted by Gasteiger charge is -2.28. The normalized spacial score (nSPS) is 17.3. The number of hydrogen-bond acceptors (Lipinski definition) is 9. The first-order valence-corrected chi connectivity index (χ1v) is 10.2. The number of carbonyl (C=O) groups excluding carboxylic acids is 3. The summed E-state index contributed by atoms with van der Waals surface area (Å²) in [7, 11) is 0. The molecule has 190 valence electrons. The van der Waals surface area contributed by atoms with Gasteiger partial charge in [-0.25, -0.2) is 4.79 Å². The average Bonchev–Trinajstić information content (AvgIpc) is 2.69. The molecule has 15 nitrogen and oxygen atoms in total. The van der Waals surface area contributed by atoms with E-state index in [0.29, 0.717) is 6.42 Å². The van der Waals surface area contributed by atoms with E-state index >= 15 is 0 Å². The number of carboxylic acid groups (broad SMARTS) is 1. The van der Waals surface area contributed by atoms with Crippen LogP contribution in [0.2, 0.25) is 0 Å². The summed E-state index contributed by atoms with van der Waals surface area (Å²) in [6.07, 6.45) is -3.82. The highest BCUT2D eigenvalue weighted by molar-refractivity contribution is 5.94. The van der Waals surface area contributed by atoms with E-state index < -0.39 is 66.2 Å². The highest BCUT2D eigenvalue weighted by atomic mass is 16.4. The summed E-state index contributed by atoms with van der Waals surface area (Å²) in [5, 5.41) is 44.8.